The number of aliphatic imine (C=N–C) groups is 1. The highest BCUT2D eigenvalue weighted by Crippen LogP contribution is 2.29. The zero-order chi connectivity index (χ0) is 19.7. The summed E-state index contributed by atoms with van der Waals surface area (Å²) in [7, 11) is 2.19. The number of aromatic nitrogens is 4. The van der Waals surface area contributed by atoms with E-state index in [4.69, 9.17) is 0 Å². The van der Waals surface area contributed by atoms with Gasteiger partial charge in [-0.3, -0.25) is 4.98 Å². The number of aryl methyl sites for hydroxylation is 3. The lowest BCUT2D eigenvalue weighted by Crippen LogP contribution is -2.29. The fourth-order valence-corrected chi connectivity index (χ4v) is 3.94. The molecule has 1 aliphatic rings. The van der Waals surface area contributed by atoms with Gasteiger partial charge in [-0.1, -0.05) is 13.0 Å². The van der Waals surface area contributed by atoms with Crippen molar-refractivity contribution in [2.24, 2.45) is 4.99 Å². The molecule has 1 saturated heterocycles. The molecule has 4 heterocycles. The van der Waals surface area contributed by atoms with E-state index < -0.39 is 0 Å². The van der Waals surface area contributed by atoms with Gasteiger partial charge in [-0.25, -0.2) is 14.5 Å². The minimum atomic E-state index is 0.613. The predicted molar refractivity (Wildman–Crippen MR) is 113 cm³/mol. The van der Waals surface area contributed by atoms with Crippen LogP contribution in [0.25, 0.3) is 5.52 Å². The number of hydrogen-bond donors (Lipinski definition) is 0. The predicted octanol–water partition coefficient (Wildman–Crippen LogP) is 3.86. The van der Waals surface area contributed by atoms with E-state index in [-0.39, 0.29) is 0 Å². The van der Waals surface area contributed by atoms with Crippen LogP contribution in [0.2, 0.25) is 0 Å². The van der Waals surface area contributed by atoms with Gasteiger partial charge in [-0.2, -0.15) is 5.10 Å². The lowest BCUT2D eigenvalue weighted by molar-refractivity contribution is 0.255. The Morgan fingerprint density at radius 3 is 2.71 bits per heavy atom. The molecule has 1 fully saturated rings. The molecule has 6 nitrogen and oxygen atoms in total. The van der Waals surface area contributed by atoms with Gasteiger partial charge >= 0.3 is 0 Å². The van der Waals surface area contributed by atoms with Gasteiger partial charge < -0.3 is 4.90 Å². The van der Waals surface area contributed by atoms with Crippen molar-refractivity contribution in [3.05, 3.63) is 52.7 Å². The molecule has 0 spiro atoms. The summed E-state index contributed by atoms with van der Waals surface area (Å²) in [6.45, 7) is 8.51. The Morgan fingerprint density at radius 2 is 2.00 bits per heavy atom. The summed E-state index contributed by atoms with van der Waals surface area (Å²) in [4.78, 5) is 16.2. The zero-order valence-corrected chi connectivity index (χ0v) is 17.2. The molecule has 1 aliphatic heterocycles. The maximum Gasteiger partial charge on any atom is 0.154 e. The third-order valence-corrected chi connectivity index (χ3v) is 5.59. The smallest absolute Gasteiger partial charge is 0.154 e. The lowest BCUT2D eigenvalue weighted by Gasteiger charge is -2.29. The molecule has 146 valence electrons. The van der Waals surface area contributed by atoms with Gasteiger partial charge in [0.05, 0.1) is 29.3 Å². The van der Waals surface area contributed by atoms with Gasteiger partial charge in [0.2, 0.25) is 0 Å². The Kier molecular flexibility index (Phi) is 5.22. The first-order valence-electron chi connectivity index (χ1n) is 10.1. The Labute approximate surface area is 166 Å². The van der Waals surface area contributed by atoms with Crippen LogP contribution in [0, 0.1) is 13.8 Å². The van der Waals surface area contributed by atoms with Crippen LogP contribution in [0.3, 0.4) is 0 Å². The fraction of sp³-hybridized carbons (Fsp3) is 0.455. The number of fused-ring (bicyclic) bond motifs is 1. The van der Waals surface area contributed by atoms with E-state index in [0.717, 1.165) is 53.5 Å². The molecule has 0 radical (unpaired) electrons. The summed E-state index contributed by atoms with van der Waals surface area (Å²) >= 11 is 0. The van der Waals surface area contributed by atoms with Gasteiger partial charge in [-0.05, 0) is 76.4 Å². The van der Waals surface area contributed by atoms with Gasteiger partial charge in [0.1, 0.15) is 5.69 Å². The Hall–Kier alpha value is -2.60. The van der Waals surface area contributed by atoms with E-state index >= 15 is 0 Å². The molecule has 0 amide bonds. The number of rotatable bonds is 4. The van der Waals surface area contributed by atoms with Crippen molar-refractivity contribution in [1.82, 2.24) is 24.5 Å². The summed E-state index contributed by atoms with van der Waals surface area (Å²) in [5.41, 5.74) is 6.34. The van der Waals surface area contributed by atoms with Gasteiger partial charge in [0, 0.05) is 6.20 Å². The van der Waals surface area contributed by atoms with Crippen LogP contribution in [0.5, 0.6) is 0 Å². The average Bonchev–Trinajstić information content (AvgIpc) is 3.09. The van der Waals surface area contributed by atoms with Crippen molar-refractivity contribution in [3.8, 4) is 0 Å². The van der Waals surface area contributed by atoms with Crippen LogP contribution in [0.15, 0.2) is 29.5 Å². The Morgan fingerprint density at radius 1 is 1.21 bits per heavy atom. The molecule has 0 saturated carbocycles. The zero-order valence-electron chi connectivity index (χ0n) is 17.2. The first-order valence-corrected chi connectivity index (χ1v) is 10.1. The van der Waals surface area contributed by atoms with Crippen molar-refractivity contribution in [1.29, 1.82) is 0 Å². The van der Waals surface area contributed by atoms with Gasteiger partial charge in [0.15, 0.2) is 5.82 Å². The highest BCUT2D eigenvalue weighted by atomic mass is 15.2. The molecular weight excluding hydrogens is 348 g/mol. The van der Waals surface area contributed by atoms with E-state index in [0.29, 0.717) is 5.92 Å². The monoisotopic (exact) mass is 376 g/mol. The standard InChI is InChI=1S/C22H28N6/c1-5-20-21-11-19(26-28(21)14-16(3)25-20)13-24-22-15(2)10-18(12-23-22)17-6-8-27(4)9-7-17/h10-14,17H,5-9H2,1-4H3. The number of likely N-dealkylation sites (tertiary alicyclic amines) is 1. The number of hydrogen-bond acceptors (Lipinski definition) is 5. The van der Waals surface area contributed by atoms with Gasteiger partial charge in [-0.15, -0.1) is 0 Å². The molecule has 0 bridgehead atoms. The second kappa shape index (κ2) is 7.80. The minimum absolute atomic E-state index is 0.613. The second-order valence-electron chi connectivity index (χ2n) is 7.83. The third kappa shape index (κ3) is 3.83. The Balaban J connectivity index is 1.55. The molecular formula is C22H28N6. The number of nitrogens with zero attached hydrogens (tertiary/aromatic N) is 6. The van der Waals surface area contributed by atoms with Crippen LogP contribution in [-0.2, 0) is 6.42 Å². The highest BCUT2D eigenvalue weighted by Gasteiger charge is 2.19. The topological polar surface area (TPSA) is 58.7 Å². The summed E-state index contributed by atoms with van der Waals surface area (Å²) in [5.74, 6) is 1.38. The summed E-state index contributed by atoms with van der Waals surface area (Å²) < 4.78 is 1.89. The average molecular weight is 377 g/mol. The maximum atomic E-state index is 4.63. The van der Waals surface area contributed by atoms with E-state index in [1.807, 2.05) is 29.9 Å². The first-order chi connectivity index (χ1) is 13.5. The fourth-order valence-electron chi connectivity index (χ4n) is 3.94. The van der Waals surface area contributed by atoms with Crippen LogP contribution < -0.4 is 0 Å². The first kappa shape index (κ1) is 18.7. The second-order valence-corrected chi connectivity index (χ2v) is 7.83. The van der Waals surface area contributed by atoms with E-state index in [2.05, 4.69) is 51.9 Å². The van der Waals surface area contributed by atoms with E-state index in [1.54, 1.807) is 6.21 Å². The highest BCUT2D eigenvalue weighted by molar-refractivity contribution is 5.82. The van der Waals surface area contributed by atoms with Crippen molar-refractivity contribution in [2.45, 2.75) is 46.0 Å². The minimum Gasteiger partial charge on any atom is -0.306 e. The molecule has 0 atom stereocenters. The van der Waals surface area contributed by atoms with E-state index in [1.165, 1.54) is 18.4 Å². The van der Waals surface area contributed by atoms with Gasteiger partial charge in [0.25, 0.3) is 0 Å². The normalized spacial score (nSPS) is 16.4. The summed E-state index contributed by atoms with van der Waals surface area (Å²) in [5, 5.41) is 4.62. The third-order valence-electron chi connectivity index (χ3n) is 5.59. The molecule has 6 heteroatoms. The molecule has 0 unspecified atom stereocenters. The van der Waals surface area contributed by atoms with Crippen molar-refractivity contribution in [2.75, 3.05) is 20.1 Å². The molecule has 0 aliphatic carbocycles. The SMILES string of the molecule is CCc1nc(C)cn2nc(C=Nc3ncc(C4CCN(C)CC4)cc3C)cc12. The van der Waals surface area contributed by atoms with Crippen LogP contribution in [0.1, 0.15) is 53.9 Å². The van der Waals surface area contributed by atoms with E-state index in [9.17, 15) is 0 Å². The molecule has 0 aromatic carbocycles. The molecule has 28 heavy (non-hydrogen) atoms. The molecule has 0 N–H and O–H groups in total. The van der Waals surface area contributed by atoms with Crippen molar-refractivity contribution < 1.29 is 0 Å². The maximum absolute atomic E-state index is 4.63. The van der Waals surface area contributed by atoms with Crippen LogP contribution >= 0.6 is 0 Å². The largest absolute Gasteiger partial charge is 0.306 e. The van der Waals surface area contributed by atoms with Crippen molar-refractivity contribution >= 4 is 17.5 Å². The molecule has 4 rings (SSSR count). The summed E-state index contributed by atoms with van der Waals surface area (Å²) in [6, 6.07) is 4.29. The number of pyridine rings is 1. The van der Waals surface area contributed by atoms with Crippen molar-refractivity contribution in [3.63, 3.8) is 0 Å². The lowest BCUT2D eigenvalue weighted by atomic mass is 9.90. The molecule has 3 aromatic rings. The molecule has 3 aromatic heterocycles. The quantitative estimate of drug-likeness (QED) is 0.649. The summed E-state index contributed by atoms with van der Waals surface area (Å²) in [6.07, 6.45) is 9.04. The van der Waals surface area contributed by atoms with Crippen LogP contribution in [-0.4, -0.2) is 50.8 Å². The Bertz CT molecular complexity index is 1010. The number of piperidine rings is 1. The van der Waals surface area contributed by atoms with Crippen LogP contribution in [0.4, 0.5) is 5.82 Å².